The summed E-state index contributed by atoms with van der Waals surface area (Å²) in [6.45, 7) is 4.86. The molecule has 0 saturated carbocycles. The van der Waals surface area contributed by atoms with Gasteiger partial charge in [0.25, 0.3) is 0 Å². The molecule has 5 nitrogen and oxygen atoms in total. The molecule has 0 aromatic heterocycles. The van der Waals surface area contributed by atoms with E-state index in [1.165, 1.54) is 0 Å². The number of amides is 1. The van der Waals surface area contributed by atoms with Gasteiger partial charge in [-0.1, -0.05) is 44.2 Å². The van der Waals surface area contributed by atoms with Crippen molar-refractivity contribution in [3.8, 4) is 0 Å². The van der Waals surface area contributed by atoms with Crippen molar-refractivity contribution in [2.75, 3.05) is 13.2 Å². The lowest BCUT2D eigenvalue weighted by Crippen LogP contribution is -2.44. The molecule has 1 aromatic rings. The molecule has 2 atom stereocenters. The molecule has 1 aromatic carbocycles. The van der Waals surface area contributed by atoms with E-state index < -0.39 is 17.3 Å². The van der Waals surface area contributed by atoms with Crippen molar-refractivity contribution in [1.82, 2.24) is 4.90 Å². The van der Waals surface area contributed by atoms with Gasteiger partial charge in [0.2, 0.25) is 5.91 Å². The van der Waals surface area contributed by atoms with E-state index in [1.807, 2.05) is 44.2 Å². The van der Waals surface area contributed by atoms with E-state index in [4.69, 9.17) is 0 Å². The average Bonchev–Trinajstić information content (AvgIpc) is 2.83. The van der Waals surface area contributed by atoms with Crippen molar-refractivity contribution in [3.63, 3.8) is 0 Å². The minimum atomic E-state index is -0.986. The van der Waals surface area contributed by atoms with E-state index in [9.17, 15) is 19.8 Å². The smallest absolute Gasteiger partial charge is 0.307 e. The summed E-state index contributed by atoms with van der Waals surface area (Å²) < 4.78 is 0. The molecular weight excluding hydrogens is 306 g/mol. The molecular formula is C19H27NO4. The SMILES string of the molecule is CC(C)CC1(C(CCO)C(=O)O)CCN(Cc2ccccc2)C1=O. The summed E-state index contributed by atoms with van der Waals surface area (Å²) in [5.74, 6) is -1.69. The van der Waals surface area contributed by atoms with Crippen LogP contribution in [0.1, 0.15) is 38.7 Å². The van der Waals surface area contributed by atoms with Gasteiger partial charge in [-0.3, -0.25) is 9.59 Å². The van der Waals surface area contributed by atoms with Gasteiger partial charge in [-0.2, -0.15) is 0 Å². The summed E-state index contributed by atoms with van der Waals surface area (Å²) in [5.41, 5.74) is 0.137. The van der Waals surface area contributed by atoms with Crippen LogP contribution in [0.2, 0.25) is 0 Å². The molecule has 0 bridgehead atoms. The van der Waals surface area contributed by atoms with Crippen molar-refractivity contribution in [1.29, 1.82) is 0 Å². The maximum Gasteiger partial charge on any atom is 0.307 e. The molecule has 1 aliphatic rings. The summed E-state index contributed by atoms with van der Waals surface area (Å²) in [7, 11) is 0. The highest BCUT2D eigenvalue weighted by Crippen LogP contribution is 2.46. The van der Waals surface area contributed by atoms with Crippen LogP contribution in [-0.4, -0.2) is 40.1 Å². The fourth-order valence-corrected chi connectivity index (χ4v) is 3.96. The number of aliphatic carboxylic acids is 1. The fourth-order valence-electron chi connectivity index (χ4n) is 3.96. The van der Waals surface area contributed by atoms with Gasteiger partial charge in [-0.05, 0) is 30.7 Å². The highest BCUT2D eigenvalue weighted by atomic mass is 16.4. The number of rotatable bonds is 8. The number of benzene rings is 1. The maximum absolute atomic E-state index is 13.2. The molecule has 5 heteroatoms. The van der Waals surface area contributed by atoms with Crippen molar-refractivity contribution in [2.24, 2.45) is 17.3 Å². The largest absolute Gasteiger partial charge is 0.481 e. The van der Waals surface area contributed by atoms with Crippen LogP contribution in [0.5, 0.6) is 0 Å². The zero-order valence-corrected chi connectivity index (χ0v) is 14.4. The number of nitrogens with zero attached hydrogens (tertiary/aromatic N) is 1. The second-order valence-corrected chi connectivity index (χ2v) is 7.12. The van der Waals surface area contributed by atoms with E-state index in [2.05, 4.69) is 0 Å². The lowest BCUT2D eigenvalue weighted by Gasteiger charge is -2.35. The van der Waals surface area contributed by atoms with Gasteiger partial charge in [0.05, 0.1) is 11.3 Å². The highest BCUT2D eigenvalue weighted by molar-refractivity contribution is 5.90. The van der Waals surface area contributed by atoms with Gasteiger partial charge in [0.15, 0.2) is 0 Å². The molecule has 2 rings (SSSR count). The molecule has 1 heterocycles. The van der Waals surface area contributed by atoms with Crippen LogP contribution in [0.4, 0.5) is 0 Å². The first-order chi connectivity index (χ1) is 11.4. The third kappa shape index (κ3) is 3.78. The summed E-state index contributed by atoms with van der Waals surface area (Å²) >= 11 is 0. The Labute approximate surface area is 143 Å². The van der Waals surface area contributed by atoms with Crippen LogP contribution in [0.3, 0.4) is 0 Å². The number of hydrogen-bond donors (Lipinski definition) is 2. The van der Waals surface area contributed by atoms with E-state index >= 15 is 0 Å². The van der Waals surface area contributed by atoms with Gasteiger partial charge < -0.3 is 15.1 Å². The van der Waals surface area contributed by atoms with Crippen molar-refractivity contribution in [2.45, 2.75) is 39.7 Å². The topological polar surface area (TPSA) is 77.8 Å². The molecule has 1 aliphatic heterocycles. The minimum absolute atomic E-state index is 0.0825. The molecule has 2 N–H and O–H groups in total. The predicted molar refractivity (Wildman–Crippen MR) is 91.2 cm³/mol. The zero-order valence-electron chi connectivity index (χ0n) is 14.4. The van der Waals surface area contributed by atoms with Gasteiger partial charge in [-0.15, -0.1) is 0 Å². The quantitative estimate of drug-likeness (QED) is 0.766. The number of carboxylic acid groups (broad SMARTS) is 1. The molecule has 0 aliphatic carbocycles. The van der Waals surface area contributed by atoms with Crippen LogP contribution in [0.25, 0.3) is 0 Å². The van der Waals surface area contributed by atoms with Crippen LogP contribution in [-0.2, 0) is 16.1 Å². The Bertz CT molecular complexity index is 572. The van der Waals surface area contributed by atoms with E-state index in [-0.39, 0.29) is 24.9 Å². The Balaban J connectivity index is 2.28. The number of carbonyl (C=O) groups is 2. The van der Waals surface area contributed by atoms with Crippen LogP contribution < -0.4 is 0 Å². The molecule has 1 amide bonds. The first kappa shape index (κ1) is 18.5. The van der Waals surface area contributed by atoms with E-state index in [1.54, 1.807) is 4.90 Å². The first-order valence-corrected chi connectivity index (χ1v) is 8.57. The fraction of sp³-hybridized carbons (Fsp3) is 0.579. The lowest BCUT2D eigenvalue weighted by molar-refractivity contribution is -0.156. The summed E-state index contributed by atoms with van der Waals surface area (Å²) in [6, 6.07) is 9.74. The number of likely N-dealkylation sites (tertiary alicyclic amines) is 1. The lowest BCUT2D eigenvalue weighted by atomic mass is 9.67. The Kier molecular flexibility index (Phi) is 5.99. The van der Waals surface area contributed by atoms with Crippen molar-refractivity contribution >= 4 is 11.9 Å². The van der Waals surface area contributed by atoms with Gasteiger partial charge >= 0.3 is 5.97 Å². The Morgan fingerprint density at radius 3 is 2.50 bits per heavy atom. The number of carbonyl (C=O) groups excluding carboxylic acids is 1. The average molecular weight is 333 g/mol. The molecule has 0 radical (unpaired) electrons. The third-order valence-corrected chi connectivity index (χ3v) is 4.91. The predicted octanol–water partition coefficient (Wildman–Crippen LogP) is 2.53. The van der Waals surface area contributed by atoms with Crippen molar-refractivity contribution < 1.29 is 19.8 Å². The minimum Gasteiger partial charge on any atom is -0.481 e. The van der Waals surface area contributed by atoms with Crippen molar-refractivity contribution in [3.05, 3.63) is 35.9 Å². The van der Waals surface area contributed by atoms with Crippen LogP contribution in [0, 0.1) is 17.3 Å². The number of aliphatic hydroxyl groups excluding tert-OH is 1. The molecule has 0 spiro atoms. The monoisotopic (exact) mass is 333 g/mol. The molecule has 1 saturated heterocycles. The van der Waals surface area contributed by atoms with Crippen LogP contribution in [0.15, 0.2) is 30.3 Å². The first-order valence-electron chi connectivity index (χ1n) is 8.57. The Hall–Kier alpha value is -1.88. The maximum atomic E-state index is 13.2. The third-order valence-electron chi connectivity index (χ3n) is 4.91. The Morgan fingerprint density at radius 2 is 1.96 bits per heavy atom. The standard InChI is InChI=1S/C19H27NO4/c1-14(2)12-19(16(8-11-21)17(22)23)9-10-20(18(19)24)13-15-6-4-3-5-7-15/h3-7,14,16,21H,8-13H2,1-2H3,(H,22,23). The summed E-state index contributed by atoms with van der Waals surface area (Å²) in [6.07, 6.45) is 1.19. The van der Waals surface area contributed by atoms with Gasteiger partial charge in [0, 0.05) is 19.7 Å². The molecule has 1 fully saturated rings. The second kappa shape index (κ2) is 7.79. The number of hydrogen-bond acceptors (Lipinski definition) is 3. The zero-order chi connectivity index (χ0) is 17.7. The molecule has 24 heavy (non-hydrogen) atoms. The summed E-state index contributed by atoms with van der Waals surface area (Å²) in [4.78, 5) is 26.7. The van der Waals surface area contributed by atoms with Gasteiger partial charge in [0.1, 0.15) is 0 Å². The van der Waals surface area contributed by atoms with Gasteiger partial charge in [-0.25, -0.2) is 0 Å². The normalized spacial score (nSPS) is 22.2. The number of carboxylic acids is 1. The molecule has 132 valence electrons. The number of aliphatic hydroxyl groups is 1. The molecule has 2 unspecified atom stereocenters. The highest BCUT2D eigenvalue weighted by Gasteiger charge is 2.54. The Morgan fingerprint density at radius 1 is 1.29 bits per heavy atom. The second-order valence-electron chi connectivity index (χ2n) is 7.12. The van der Waals surface area contributed by atoms with E-state index in [0.717, 1.165) is 5.56 Å². The van der Waals surface area contributed by atoms with Crippen LogP contribution >= 0.6 is 0 Å². The summed E-state index contributed by atoms with van der Waals surface area (Å²) in [5, 5.41) is 18.9. The van der Waals surface area contributed by atoms with E-state index in [0.29, 0.717) is 25.9 Å².